The molecule has 3 aromatic carbocycles. The van der Waals surface area contributed by atoms with E-state index in [1.165, 1.54) is 52.3 Å². The summed E-state index contributed by atoms with van der Waals surface area (Å²) in [5.74, 6) is 0.596. The lowest BCUT2D eigenvalue weighted by atomic mass is 9.77. The van der Waals surface area contributed by atoms with Crippen LogP contribution in [0, 0.1) is 11.2 Å². The molecule has 4 aromatic rings. The Labute approximate surface area is 239 Å². The van der Waals surface area contributed by atoms with Gasteiger partial charge in [0.1, 0.15) is 29.4 Å². The molecule has 40 heavy (non-hydrogen) atoms. The van der Waals surface area contributed by atoms with E-state index in [1.54, 1.807) is 15.1 Å². The molecular weight excluding hydrogens is 551 g/mol. The second kappa shape index (κ2) is 11.3. The summed E-state index contributed by atoms with van der Waals surface area (Å²) in [4.78, 5) is 15.6. The van der Waals surface area contributed by atoms with Crippen LogP contribution in [0.15, 0.2) is 77.8 Å². The lowest BCUT2D eigenvalue weighted by Crippen LogP contribution is -2.42. The largest absolute Gasteiger partial charge is 0.492 e. The number of carbonyl (C=O) groups is 1. The van der Waals surface area contributed by atoms with Gasteiger partial charge >= 0.3 is 6.09 Å². The van der Waals surface area contributed by atoms with Crippen LogP contribution >= 0.6 is 22.9 Å². The maximum absolute atomic E-state index is 13.5. The second-order valence-electron chi connectivity index (χ2n) is 9.66. The van der Waals surface area contributed by atoms with E-state index in [0.29, 0.717) is 47.4 Å². The number of ether oxygens (including phenoxy) is 2. The van der Waals surface area contributed by atoms with Crippen molar-refractivity contribution in [2.45, 2.75) is 31.8 Å². The molecule has 10 heteroatoms. The molecule has 0 radical (unpaired) electrons. The van der Waals surface area contributed by atoms with Crippen LogP contribution in [0.3, 0.4) is 0 Å². The average molecular weight is 577 g/mol. The molecular formula is C30H26ClFN4O3S. The predicted octanol–water partition coefficient (Wildman–Crippen LogP) is 6.64. The van der Waals surface area contributed by atoms with Gasteiger partial charge in [-0.25, -0.2) is 13.9 Å². The van der Waals surface area contributed by atoms with Gasteiger partial charge < -0.3 is 9.47 Å². The molecule has 1 unspecified atom stereocenters. The predicted molar refractivity (Wildman–Crippen MR) is 151 cm³/mol. The summed E-state index contributed by atoms with van der Waals surface area (Å²) in [5.41, 5.74) is 7.40. The summed E-state index contributed by atoms with van der Waals surface area (Å²) in [5, 5.41) is 12.7. The topological polar surface area (TPSA) is 80.4 Å². The molecule has 1 amide bonds. The number of fused-ring (bicyclic) bond motifs is 2. The van der Waals surface area contributed by atoms with Gasteiger partial charge in [-0.3, -0.25) is 10.3 Å². The Morgan fingerprint density at radius 3 is 2.58 bits per heavy atom. The summed E-state index contributed by atoms with van der Waals surface area (Å²) in [6.45, 7) is 1.33. The van der Waals surface area contributed by atoms with Gasteiger partial charge in [0.2, 0.25) is 0 Å². The number of hydrogen-bond acceptors (Lipinski definition) is 6. The Balaban J connectivity index is 1.29. The van der Waals surface area contributed by atoms with E-state index in [0.717, 1.165) is 24.0 Å². The number of aryl methyl sites for hydroxylation is 1. The Bertz CT molecular complexity index is 1630. The van der Waals surface area contributed by atoms with Crippen LogP contribution in [0.4, 0.5) is 9.18 Å². The normalized spacial score (nSPS) is 16.4. The molecule has 2 aliphatic rings. The van der Waals surface area contributed by atoms with Gasteiger partial charge in [0.15, 0.2) is 4.80 Å². The van der Waals surface area contributed by atoms with Gasteiger partial charge in [0.05, 0.1) is 12.6 Å². The number of hydrogen-bond donors (Lipinski definition) is 1. The summed E-state index contributed by atoms with van der Waals surface area (Å²) in [6.07, 6.45) is 1.88. The van der Waals surface area contributed by atoms with Gasteiger partial charge in [-0.05, 0) is 95.6 Å². The van der Waals surface area contributed by atoms with E-state index in [-0.39, 0.29) is 6.04 Å². The molecule has 2 heterocycles. The third-order valence-electron chi connectivity index (χ3n) is 7.30. The molecule has 0 spiro atoms. The average Bonchev–Trinajstić information content (AvgIpc) is 3.38. The number of carbonyl (C=O) groups excluding carboxylic acids is 1. The van der Waals surface area contributed by atoms with Crippen LogP contribution in [0.25, 0.3) is 5.57 Å². The summed E-state index contributed by atoms with van der Waals surface area (Å²) in [6, 6.07) is 18.9. The van der Waals surface area contributed by atoms with E-state index < -0.39 is 11.9 Å². The highest BCUT2D eigenvalue weighted by Gasteiger charge is 2.37. The molecule has 0 fully saturated rings. The highest BCUT2D eigenvalue weighted by molar-refractivity contribution is 7.06. The summed E-state index contributed by atoms with van der Waals surface area (Å²) >= 11 is 7.65. The lowest BCUT2D eigenvalue weighted by molar-refractivity contribution is 0.136. The molecule has 6 rings (SSSR count). The van der Waals surface area contributed by atoms with Crippen LogP contribution in [-0.2, 0) is 13.0 Å². The number of halogens is 2. The molecule has 0 saturated carbocycles. The first-order valence-corrected chi connectivity index (χ1v) is 14.2. The van der Waals surface area contributed by atoms with Gasteiger partial charge in [0, 0.05) is 11.6 Å². The van der Waals surface area contributed by atoms with E-state index in [9.17, 15) is 9.18 Å². The van der Waals surface area contributed by atoms with Crippen molar-refractivity contribution in [3.63, 3.8) is 0 Å². The first-order valence-electron chi connectivity index (χ1n) is 13.0. The third kappa shape index (κ3) is 5.39. The number of rotatable bonds is 6. The SMILES string of the molecule is N=c1scnn1CCOc1ccc(C2C3=C(CCN2C(=O)Oc2ccc(F)cc2)c2cc(Cl)ccc2CC3)cc1. The number of nitrogens with zero attached hydrogens (tertiary/aromatic N) is 3. The van der Waals surface area contributed by atoms with Crippen LogP contribution in [0.5, 0.6) is 11.5 Å². The lowest BCUT2D eigenvalue weighted by Gasteiger charge is -2.41. The maximum atomic E-state index is 13.5. The Kier molecular flexibility index (Phi) is 7.40. The van der Waals surface area contributed by atoms with Crippen molar-refractivity contribution in [2.75, 3.05) is 13.2 Å². The number of amides is 1. The smallest absolute Gasteiger partial charge is 0.416 e. The fourth-order valence-corrected chi connectivity index (χ4v) is 6.12. The van der Waals surface area contributed by atoms with Crippen molar-refractivity contribution in [2.24, 2.45) is 0 Å². The summed E-state index contributed by atoms with van der Waals surface area (Å²) < 4.78 is 26.6. The van der Waals surface area contributed by atoms with Crippen LogP contribution in [0.1, 0.15) is 35.6 Å². The fraction of sp³-hybridized carbons (Fsp3) is 0.233. The molecule has 1 aromatic heterocycles. The van der Waals surface area contributed by atoms with E-state index >= 15 is 0 Å². The highest BCUT2D eigenvalue weighted by atomic mass is 35.5. The number of aromatic nitrogens is 2. The van der Waals surface area contributed by atoms with Crippen molar-refractivity contribution >= 4 is 34.6 Å². The molecule has 1 atom stereocenters. The zero-order valence-corrected chi connectivity index (χ0v) is 23.1. The first kappa shape index (κ1) is 26.3. The zero-order chi connectivity index (χ0) is 27.6. The molecule has 1 aliphatic heterocycles. The quantitative estimate of drug-likeness (QED) is 0.279. The van der Waals surface area contributed by atoms with Crippen molar-refractivity contribution in [1.82, 2.24) is 14.7 Å². The first-order chi connectivity index (χ1) is 19.5. The minimum atomic E-state index is -0.480. The van der Waals surface area contributed by atoms with Crippen molar-refractivity contribution in [1.29, 1.82) is 5.41 Å². The number of nitrogens with one attached hydrogen (secondary N) is 1. The number of benzene rings is 3. The van der Waals surface area contributed by atoms with E-state index in [4.69, 9.17) is 26.5 Å². The highest BCUT2D eigenvalue weighted by Crippen LogP contribution is 2.46. The van der Waals surface area contributed by atoms with Gasteiger partial charge in [0.25, 0.3) is 0 Å². The minimum Gasteiger partial charge on any atom is -0.492 e. The molecule has 1 aliphatic carbocycles. The van der Waals surface area contributed by atoms with E-state index in [2.05, 4.69) is 11.2 Å². The molecule has 0 saturated heterocycles. The van der Waals surface area contributed by atoms with Gasteiger partial charge in [-0.2, -0.15) is 5.10 Å². The second-order valence-corrected chi connectivity index (χ2v) is 10.9. The Hall–Kier alpha value is -3.95. The molecule has 1 N–H and O–H groups in total. The zero-order valence-electron chi connectivity index (χ0n) is 21.5. The van der Waals surface area contributed by atoms with Gasteiger partial charge in [-0.15, -0.1) is 0 Å². The van der Waals surface area contributed by atoms with Crippen molar-refractivity contribution in [3.05, 3.63) is 110 Å². The van der Waals surface area contributed by atoms with Crippen LogP contribution < -0.4 is 14.3 Å². The summed E-state index contributed by atoms with van der Waals surface area (Å²) in [7, 11) is 0. The van der Waals surface area contributed by atoms with Crippen molar-refractivity contribution in [3.8, 4) is 11.5 Å². The maximum Gasteiger partial charge on any atom is 0.416 e. The van der Waals surface area contributed by atoms with Crippen molar-refractivity contribution < 1.29 is 18.7 Å². The molecule has 0 bridgehead atoms. The minimum absolute atomic E-state index is 0.295. The Morgan fingerprint density at radius 1 is 1.05 bits per heavy atom. The third-order valence-corrected chi connectivity index (χ3v) is 8.17. The van der Waals surface area contributed by atoms with Crippen LogP contribution in [-0.4, -0.2) is 33.9 Å². The van der Waals surface area contributed by atoms with E-state index in [1.807, 2.05) is 36.4 Å². The fourth-order valence-electron chi connectivity index (χ4n) is 5.43. The molecule has 7 nitrogen and oxygen atoms in total. The molecule has 204 valence electrons. The standard InChI is InChI=1S/C30H26ClFN4O3S/c31-21-5-1-19-4-12-26-25(27(19)17-21)13-14-35(30(37)39-24-10-6-22(32)7-11-24)28(26)20-2-8-23(9-3-20)38-16-15-36-29(33)40-18-34-36/h1-3,5-11,17-18,28,33H,4,12-16H2. The van der Waals surface area contributed by atoms with Crippen LogP contribution in [0.2, 0.25) is 5.02 Å². The Morgan fingerprint density at radius 2 is 1.82 bits per heavy atom. The monoisotopic (exact) mass is 576 g/mol. The van der Waals surface area contributed by atoms with Gasteiger partial charge in [-0.1, -0.05) is 41.1 Å².